The molecule has 6 nitrogen and oxygen atoms in total. The minimum absolute atomic E-state index is 0.0471. The predicted octanol–water partition coefficient (Wildman–Crippen LogP) is 5.29. The lowest BCUT2D eigenvalue weighted by Crippen LogP contribution is -2.13. The van der Waals surface area contributed by atoms with Crippen molar-refractivity contribution in [2.75, 3.05) is 12.4 Å². The number of ether oxygens (including phenoxy) is 2. The number of carbonyl (C=O) groups excluding carboxylic acids is 1. The number of aromatic nitrogens is 2. The van der Waals surface area contributed by atoms with Crippen molar-refractivity contribution in [1.29, 1.82) is 0 Å². The minimum Gasteiger partial charge on any atom is -0.487 e. The lowest BCUT2D eigenvalue weighted by atomic mass is 9.92. The summed E-state index contributed by atoms with van der Waals surface area (Å²) < 4.78 is 12.7. The van der Waals surface area contributed by atoms with Gasteiger partial charge in [-0.05, 0) is 42.3 Å². The van der Waals surface area contributed by atoms with Crippen LogP contribution in [0.4, 0.5) is 10.5 Å². The highest BCUT2D eigenvalue weighted by Crippen LogP contribution is 2.25. The molecule has 1 N–H and O–H groups in total. The Morgan fingerprint density at radius 1 is 1.10 bits per heavy atom. The molecular formula is C24H29N3O3. The first-order valence-corrected chi connectivity index (χ1v) is 9.96. The number of hydrogen-bond acceptors (Lipinski definition) is 4. The van der Waals surface area contributed by atoms with Crippen LogP contribution in [-0.2, 0) is 23.3 Å². The maximum atomic E-state index is 11.4. The zero-order valence-corrected chi connectivity index (χ0v) is 18.2. The van der Waals surface area contributed by atoms with E-state index >= 15 is 0 Å². The highest BCUT2D eigenvalue weighted by Gasteiger charge is 2.20. The summed E-state index contributed by atoms with van der Waals surface area (Å²) in [5.41, 5.74) is 4.78. The summed E-state index contributed by atoms with van der Waals surface area (Å²) in [5, 5.41) is 7.52. The molecule has 1 aromatic heterocycles. The lowest BCUT2D eigenvalue weighted by Gasteiger charge is -2.14. The van der Waals surface area contributed by atoms with Gasteiger partial charge < -0.3 is 9.47 Å². The van der Waals surface area contributed by atoms with E-state index in [0.717, 1.165) is 22.7 Å². The van der Waals surface area contributed by atoms with Crippen molar-refractivity contribution >= 4 is 11.8 Å². The molecule has 0 atom stereocenters. The van der Waals surface area contributed by atoms with Gasteiger partial charge in [-0.2, -0.15) is 5.10 Å². The third-order valence-corrected chi connectivity index (χ3v) is 4.81. The normalized spacial score (nSPS) is 11.2. The summed E-state index contributed by atoms with van der Waals surface area (Å²) in [5.74, 6) is 0.729. The summed E-state index contributed by atoms with van der Waals surface area (Å²) in [6.45, 7) is 9.47. The van der Waals surface area contributed by atoms with Crippen molar-refractivity contribution in [3.05, 3.63) is 77.1 Å². The van der Waals surface area contributed by atoms with Gasteiger partial charge in [-0.1, -0.05) is 51.1 Å². The molecule has 0 fully saturated rings. The van der Waals surface area contributed by atoms with E-state index in [4.69, 9.17) is 9.84 Å². The predicted molar refractivity (Wildman–Crippen MR) is 118 cm³/mol. The van der Waals surface area contributed by atoms with Crippen molar-refractivity contribution < 1.29 is 14.3 Å². The van der Waals surface area contributed by atoms with E-state index in [2.05, 4.69) is 49.0 Å². The fourth-order valence-corrected chi connectivity index (χ4v) is 3.02. The average Bonchev–Trinajstić information content (AvgIpc) is 3.12. The third-order valence-electron chi connectivity index (χ3n) is 4.81. The van der Waals surface area contributed by atoms with E-state index in [-0.39, 0.29) is 5.41 Å². The molecule has 0 saturated carbocycles. The van der Waals surface area contributed by atoms with Crippen molar-refractivity contribution in [2.24, 2.45) is 0 Å². The molecule has 0 bridgehead atoms. The summed E-state index contributed by atoms with van der Waals surface area (Å²) in [6, 6.07) is 17.9. The van der Waals surface area contributed by atoms with Crippen LogP contribution in [0.5, 0.6) is 5.75 Å². The van der Waals surface area contributed by atoms with Gasteiger partial charge in [0, 0.05) is 11.1 Å². The van der Waals surface area contributed by atoms with Gasteiger partial charge >= 0.3 is 6.09 Å². The minimum atomic E-state index is -0.494. The maximum Gasteiger partial charge on any atom is 0.411 e. The molecule has 0 aliphatic rings. The Labute approximate surface area is 177 Å². The van der Waals surface area contributed by atoms with Gasteiger partial charge in [0.15, 0.2) is 0 Å². The topological polar surface area (TPSA) is 65.4 Å². The second-order valence-corrected chi connectivity index (χ2v) is 8.30. The number of anilines is 1. The van der Waals surface area contributed by atoms with Crippen LogP contribution in [0.2, 0.25) is 0 Å². The van der Waals surface area contributed by atoms with Crippen LogP contribution in [0.25, 0.3) is 0 Å². The van der Waals surface area contributed by atoms with Gasteiger partial charge in [0.05, 0.1) is 25.0 Å². The third kappa shape index (κ3) is 5.41. The molecule has 6 heteroatoms. The van der Waals surface area contributed by atoms with E-state index in [1.807, 2.05) is 48.0 Å². The number of rotatable bonds is 6. The van der Waals surface area contributed by atoms with E-state index in [0.29, 0.717) is 18.8 Å². The summed E-state index contributed by atoms with van der Waals surface area (Å²) in [7, 11) is 1.34. The van der Waals surface area contributed by atoms with E-state index < -0.39 is 6.09 Å². The number of benzene rings is 2. The van der Waals surface area contributed by atoms with Gasteiger partial charge in [-0.25, -0.2) is 4.79 Å². The molecule has 2 aromatic carbocycles. The Bertz CT molecular complexity index is 1000. The number of aryl methyl sites for hydroxylation is 1. The molecular weight excluding hydrogens is 378 g/mol. The fraction of sp³-hybridized carbons (Fsp3) is 0.333. The van der Waals surface area contributed by atoms with Crippen LogP contribution in [0, 0.1) is 6.92 Å². The van der Waals surface area contributed by atoms with Gasteiger partial charge in [0.2, 0.25) is 0 Å². The average molecular weight is 408 g/mol. The Kier molecular flexibility index (Phi) is 6.45. The number of carbonyl (C=O) groups is 1. The first kappa shape index (κ1) is 21.4. The molecule has 0 aliphatic heterocycles. The van der Waals surface area contributed by atoms with Crippen LogP contribution in [-0.4, -0.2) is 23.0 Å². The van der Waals surface area contributed by atoms with Gasteiger partial charge in [-0.15, -0.1) is 0 Å². The van der Waals surface area contributed by atoms with Crippen LogP contribution >= 0.6 is 0 Å². The Hall–Kier alpha value is -3.28. The molecule has 1 heterocycles. The number of methoxy groups -OCH3 is 1. The SMILES string of the molecule is COC(=O)Nc1ccc(OCc2cc(C(C)(C)C)nn2Cc2ccccc2)cc1C. The number of nitrogens with zero attached hydrogens (tertiary/aromatic N) is 2. The first-order chi connectivity index (χ1) is 14.3. The molecule has 30 heavy (non-hydrogen) atoms. The summed E-state index contributed by atoms with van der Waals surface area (Å²) >= 11 is 0. The van der Waals surface area contributed by atoms with Crippen molar-refractivity contribution in [3.8, 4) is 5.75 Å². The first-order valence-electron chi connectivity index (χ1n) is 9.96. The molecule has 0 unspecified atom stereocenters. The van der Waals surface area contributed by atoms with E-state index in [1.54, 1.807) is 0 Å². The van der Waals surface area contributed by atoms with Crippen LogP contribution in [0.1, 0.15) is 43.3 Å². The fourth-order valence-electron chi connectivity index (χ4n) is 3.02. The van der Waals surface area contributed by atoms with Crippen LogP contribution in [0.3, 0.4) is 0 Å². The van der Waals surface area contributed by atoms with Crippen LogP contribution in [0.15, 0.2) is 54.6 Å². The monoisotopic (exact) mass is 407 g/mol. The highest BCUT2D eigenvalue weighted by molar-refractivity contribution is 5.85. The molecule has 158 valence electrons. The Morgan fingerprint density at radius 3 is 2.47 bits per heavy atom. The van der Waals surface area contributed by atoms with E-state index in [9.17, 15) is 4.79 Å². The van der Waals surface area contributed by atoms with Crippen molar-refractivity contribution in [3.63, 3.8) is 0 Å². The molecule has 0 spiro atoms. The molecule has 3 rings (SSSR count). The molecule has 0 saturated heterocycles. The van der Waals surface area contributed by atoms with Crippen molar-refractivity contribution in [1.82, 2.24) is 9.78 Å². The zero-order valence-electron chi connectivity index (χ0n) is 18.2. The quantitative estimate of drug-likeness (QED) is 0.603. The largest absolute Gasteiger partial charge is 0.487 e. The number of amides is 1. The van der Waals surface area contributed by atoms with Crippen LogP contribution < -0.4 is 10.1 Å². The standard InChI is InChI=1S/C24H29N3O3/c1-17-13-20(11-12-21(17)25-23(28)29-5)30-16-19-14-22(24(2,3)4)26-27(19)15-18-9-7-6-8-10-18/h6-14H,15-16H2,1-5H3,(H,25,28). The van der Waals surface area contributed by atoms with Gasteiger partial charge in [0.1, 0.15) is 12.4 Å². The van der Waals surface area contributed by atoms with Gasteiger partial charge in [0.25, 0.3) is 0 Å². The zero-order chi connectivity index (χ0) is 21.7. The van der Waals surface area contributed by atoms with Gasteiger partial charge in [-0.3, -0.25) is 10.00 Å². The number of nitrogens with one attached hydrogen (secondary N) is 1. The second-order valence-electron chi connectivity index (χ2n) is 8.30. The highest BCUT2D eigenvalue weighted by atomic mass is 16.5. The molecule has 0 aliphatic carbocycles. The van der Waals surface area contributed by atoms with Crippen molar-refractivity contribution in [2.45, 2.75) is 46.3 Å². The molecule has 0 radical (unpaired) electrons. The molecule has 1 amide bonds. The second kappa shape index (κ2) is 9.03. The lowest BCUT2D eigenvalue weighted by molar-refractivity contribution is 0.187. The molecule has 3 aromatic rings. The smallest absolute Gasteiger partial charge is 0.411 e. The maximum absolute atomic E-state index is 11.4. The summed E-state index contributed by atoms with van der Waals surface area (Å²) in [6.07, 6.45) is -0.494. The Balaban J connectivity index is 1.77. The Morgan fingerprint density at radius 2 is 1.83 bits per heavy atom. The summed E-state index contributed by atoms with van der Waals surface area (Å²) in [4.78, 5) is 11.4. The van der Waals surface area contributed by atoms with E-state index in [1.165, 1.54) is 12.7 Å². The number of hydrogen-bond donors (Lipinski definition) is 1.